The summed E-state index contributed by atoms with van der Waals surface area (Å²) in [7, 11) is -3.59. The predicted molar refractivity (Wildman–Crippen MR) is 92.3 cm³/mol. The van der Waals surface area contributed by atoms with Gasteiger partial charge in [0, 0.05) is 13.1 Å². The molecule has 0 fully saturated rings. The third kappa shape index (κ3) is 4.86. The van der Waals surface area contributed by atoms with E-state index in [1.807, 2.05) is 20.8 Å². The topological polar surface area (TPSA) is 66.9 Å². The van der Waals surface area contributed by atoms with Gasteiger partial charge in [-0.25, -0.2) is 8.42 Å². The number of nitrogens with zero attached hydrogens (tertiary/aromatic N) is 2. The lowest BCUT2D eigenvalue weighted by Gasteiger charge is -2.31. The average Bonchev–Trinajstić information content (AvgIpc) is 2.49. The first-order valence-corrected chi connectivity index (χ1v) is 9.62. The molecule has 23 heavy (non-hydrogen) atoms. The lowest BCUT2D eigenvalue weighted by atomic mass is 10.2. The van der Waals surface area contributed by atoms with Gasteiger partial charge < -0.3 is 9.64 Å². The Hall–Kier alpha value is -1.76. The van der Waals surface area contributed by atoms with E-state index < -0.39 is 16.1 Å². The van der Waals surface area contributed by atoms with E-state index in [2.05, 4.69) is 0 Å². The monoisotopic (exact) mass is 342 g/mol. The molecular formula is C16H26N2O4S. The van der Waals surface area contributed by atoms with Crippen molar-refractivity contribution < 1.29 is 17.9 Å². The van der Waals surface area contributed by atoms with Crippen LogP contribution in [0.2, 0.25) is 0 Å². The van der Waals surface area contributed by atoms with Crippen molar-refractivity contribution in [1.29, 1.82) is 0 Å². The highest BCUT2D eigenvalue weighted by atomic mass is 32.2. The minimum Gasteiger partial charge on any atom is -0.494 e. The molecule has 0 spiro atoms. The van der Waals surface area contributed by atoms with Crippen molar-refractivity contribution in [3.8, 4) is 5.75 Å². The number of hydrogen-bond acceptors (Lipinski definition) is 4. The molecule has 1 atom stereocenters. The number of anilines is 1. The summed E-state index contributed by atoms with van der Waals surface area (Å²) < 4.78 is 30.9. The molecule has 0 heterocycles. The Morgan fingerprint density at radius 1 is 1.13 bits per heavy atom. The number of benzene rings is 1. The van der Waals surface area contributed by atoms with E-state index >= 15 is 0 Å². The normalized spacial score (nSPS) is 12.6. The Morgan fingerprint density at radius 3 is 2.04 bits per heavy atom. The number of carbonyl (C=O) groups is 1. The molecule has 0 aromatic heterocycles. The second kappa shape index (κ2) is 8.19. The molecule has 0 bridgehead atoms. The highest BCUT2D eigenvalue weighted by molar-refractivity contribution is 7.92. The quantitative estimate of drug-likeness (QED) is 0.726. The number of carbonyl (C=O) groups excluding carboxylic acids is 1. The molecule has 0 saturated heterocycles. The van der Waals surface area contributed by atoms with Crippen LogP contribution in [0, 0.1) is 0 Å². The number of amides is 1. The number of rotatable bonds is 8. The smallest absolute Gasteiger partial charge is 0.246 e. The van der Waals surface area contributed by atoms with Gasteiger partial charge in [0.05, 0.1) is 18.6 Å². The van der Waals surface area contributed by atoms with Crippen LogP contribution in [-0.4, -0.2) is 51.2 Å². The van der Waals surface area contributed by atoms with Crippen LogP contribution in [0.15, 0.2) is 24.3 Å². The van der Waals surface area contributed by atoms with E-state index in [1.54, 1.807) is 36.1 Å². The van der Waals surface area contributed by atoms with Gasteiger partial charge in [-0.05, 0) is 52.0 Å². The molecule has 0 aliphatic carbocycles. The van der Waals surface area contributed by atoms with Crippen molar-refractivity contribution in [3.05, 3.63) is 24.3 Å². The molecule has 130 valence electrons. The van der Waals surface area contributed by atoms with Crippen molar-refractivity contribution >= 4 is 21.6 Å². The summed E-state index contributed by atoms with van der Waals surface area (Å²) in [5.74, 6) is 0.446. The molecule has 0 saturated carbocycles. The average molecular weight is 342 g/mol. The van der Waals surface area contributed by atoms with E-state index in [-0.39, 0.29) is 5.91 Å². The molecule has 1 aromatic carbocycles. The first kappa shape index (κ1) is 19.3. The van der Waals surface area contributed by atoms with Crippen LogP contribution in [0.3, 0.4) is 0 Å². The lowest BCUT2D eigenvalue weighted by molar-refractivity contribution is -0.131. The highest BCUT2D eigenvalue weighted by Gasteiger charge is 2.31. The zero-order valence-electron chi connectivity index (χ0n) is 14.4. The summed E-state index contributed by atoms with van der Waals surface area (Å²) >= 11 is 0. The summed E-state index contributed by atoms with van der Waals surface area (Å²) in [4.78, 5) is 14.2. The molecule has 7 heteroatoms. The maximum absolute atomic E-state index is 12.5. The van der Waals surface area contributed by atoms with Crippen LogP contribution in [0.1, 0.15) is 27.7 Å². The van der Waals surface area contributed by atoms with Gasteiger partial charge in [0.1, 0.15) is 11.8 Å². The van der Waals surface area contributed by atoms with Crippen molar-refractivity contribution in [3.63, 3.8) is 0 Å². The zero-order chi connectivity index (χ0) is 17.6. The molecule has 0 unspecified atom stereocenters. The minimum absolute atomic E-state index is 0.214. The standard InChI is InChI=1S/C16H26N2O4S/c1-6-17(7-2)16(19)13(4)18(23(5,20)21)14-9-11-15(12-10-14)22-8-3/h9-13H,6-8H2,1-5H3/t13-/m0/s1. The molecule has 1 aromatic rings. The zero-order valence-corrected chi connectivity index (χ0v) is 15.3. The van der Waals surface area contributed by atoms with Crippen molar-refractivity contribution in [2.45, 2.75) is 33.7 Å². The van der Waals surface area contributed by atoms with E-state index in [0.717, 1.165) is 10.6 Å². The van der Waals surface area contributed by atoms with Gasteiger partial charge in [-0.15, -0.1) is 0 Å². The fourth-order valence-corrected chi connectivity index (χ4v) is 3.63. The Labute approximate surface area is 139 Å². The van der Waals surface area contributed by atoms with Crippen LogP contribution >= 0.6 is 0 Å². The van der Waals surface area contributed by atoms with E-state index in [1.165, 1.54) is 0 Å². The third-order valence-corrected chi connectivity index (χ3v) is 4.79. The summed E-state index contributed by atoms with van der Waals surface area (Å²) in [6.45, 7) is 8.85. The molecule has 0 radical (unpaired) electrons. The second-order valence-corrected chi connectivity index (χ2v) is 7.03. The molecule has 0 N–H and O–H groups in total. The van der Waals surface area contributed by atoms with Crippen LogP contribution in [0.25, 0.3) is 0 Å². The van der Waals surface area contributed by atoms with Gasteiger partial charge in [-0.2, -0.15) is 0 Å². The first-order valence-electron chi connectivity index (χ1n) is 7.77. The number of ether oxygens (including phenoxy) is 1. The molecule has 6 nitrogen and oxygen atoms in total. The van der Waals surface area contributed by atoms with E-state index in [4.69, 9.17) is 4.74 Å². The molecule has 0 aliphatic heterocycles. The Kier molecular flexibility index (Phi) is 6.87. The van der Waals surface area contributed by atoms with Crippen molar-refractivity contribution in [2.24, 2.45) is 0 Å². The maximum Gasteiger partial charge on any atom is 0.246 e. The van der Waals surface area contributed by atoms with Crippen LogP contribution in [0.5, 0.6) is 5.75 Å². The largest absolute Gasteiger partial charge is 0.494 e. The SMILES string of the molecule is CCOc1ccc(N([C@@H](C)C(=O)N(CC)CC)S(C)(=O)=O)cc1. The van der Waals surface area contributed by atoms with Crippen molar-refractivity contribution in [2.75, 3.05) is 30.3 Å². The minimum atomic E-state index is -3.59. The molecule has 0 aliphatic rings. The Morgan fingerprint density at radius 2 is 1.65 bits per heavy atom. The number of sulfonamides is 1. The van der Waals surface area contributed by atoms with E-state index in [0.29, 0.717) is 31.1 Å². The van der Waals surface area contributed by atoms with Gasteiger partial charge in [0.25, 0.3) is 0 Å². The Bertz CT molecular complexity index is 609. The van der Waals surface area contributed by atoms with Gasteiger partial charge in [0.2, 0.25) is 15.9 Å². The lowest BCUT2D eigenvalue weighted by Crippen LogP contribution is -2.49. The molecule has 1 rings (SSSR count). The molecular weight excluding hydrogens is 316 g/mol. The third-order valence-electron chi connectivity index (χ3n) is 3.54. The van der Waals surface area contributed by atoms with Gasteiger partial charge >= 0.3 is 0 Å². The summed E-state index contributed by atoms with van der Waals surface area (Å²) in [5, 5.41) is 0. The first-order chi connectivity index (χ1) is 10.8. The fraction of sp³-hybridized carbons (Fsp3) is 0.562. The van der Waals surface area contributed by atoms with Crippen LogP contribution < -0.4 is 9.04 Å². The van der Waals surface area contributed by atoms with Crippen LogP contribution in [0.4, 0.5) is 5.69 Å². The summed E-state index contributed by atoms with van der Waals surface area (Å²) in [5.41, 5.74) is 0.448. The van der Waals surface area contributed by atoms with Crippen LogP contribution in [-0.2, 0) is 14.8 Å². The van der Waals surface area contributed by atoms with Gasteiger partial charge in [0.15, 0.2) is 0 Å². The predicted octanol–water partition coefficient (Wildman–Crippen LogP) is 2.11. The summed E-state index contributed by atoms with van der Waals surface area (Å²) in [6, 6.07) is 5.90. The maximum atomic E-state index is 12.5. The highest BCUT2D eigenvalue weighted by Crippen LogP contribution is 2.24. The Balaban J connectivity index is 3.17. The van der Waals surface area contributed by atoms with Gasteiger partial charge in [-0.3, -0.25) is 9.10 Å². The fourth-order valence-electron chi connectivity index (χ4n) is 2.46. The number of hydrogen-bond donors (Lipinski definition) is 0. The van der Waals surface area contributed by atoms with E-state index in [9.17, 15) is 13.2 Å². The summed E-state index contributed by atoms with van der Waals surface area (Å²) in [6.07, 6.45) is 1.11. The number of likely N-dealkylation sites (N-methyl/N-ethyl adjacent to an activating group) is 1. The molecule has 1 amide bonds. The van der Waals surface area contributed by atoms with Gasteiger partial charge in [-0.1, -0.05) is 0 Å². The second-order valence-electron chi connectivity index (χ2n) is 5.17. The van der Waals surface area contributed by atoms with Crippen molar-refractivity contribution in [1.82, 2.24) is 4.90 Å².